The van der Waals surface area contributed by atoms with E-state index in [1.165, 1.54) is 0 Å². The highest BCUT2D eigenvalue weighted by Crippen LogP contribution is 2.23. The molecule has 0 aliphatic rings. The predicted octanol–water partition coefficient (Wildman–Crippen LogP) is 2.82. The molecule has 0 spiro atoms. The summed E-state index contributed by atoms with van der Waals surface area (Å²) in [5.41, 5.74) is 7.52. The molecule has 1 heterocycles. The van der Waals surface area contributed by atoms with E-state index in [1.807, 2.05) is 0 Å². The molecule has 1 aromatic carbocycles. The van der Waals surface area contributed by atoms with Gasteiger partial charge in [0.05, 0.1) is 16.9 Å². The Balaban J connectivity index is 2.33. The highest BCUT2D eigenvalue weighted by atomic mass is 127. The average molecular weight is 391 g/mol. The monoisotopic (exact) mass is 390 g/mol. The summed E-state index contributed by atoms with van der Waals surface area (Å²) in [6, 6.07) is 5.15. The first kappa shape index (κ1) is 14.1. The first-order valence-electron chi connectivity index (χ1n) is 5.45. The number of hydrogen-bond acceptors (Lipinski definition) is 3. The number of halogens is 2. The van der Waals surface area contributed by atoms with E-state index in [9.17, 15) is 4.79 Å². The lowest BCUT2D eigenvalue weighted by molar-refractivity contribution is 0.102. The molecule has 0 unspecified atom stereocenters. The van der Waals surface area contributed by atoms with Crippen LogP contribution in [-0.4, -0.2) is 15.7 Å². The zero-order valence-electron chi connectivity index (χ0n) is 10.4. The van der Waals surface area contributed by atoms with Crippen LogP contribution in [0.25, 0.3) is 0 Å². The Bertz CT molecular complexity index is 653. The molecule has 0 bridgehead atoms. The van der Waals surface area contributed by atoms with Crippen LogP contribution in [-0.2, 0) is 7.05 Å². The van der Waals surface area contributed by atoms with E-state index in [0.717, 1.165) is 3.57 Å². The number of nitrogens with zero attached hydrogens (tertiary/aromatic N) is 2. The van der Waals surface area contributed by atoms with Crippen LogP contribution in [0.2, 0.25) is 5.02 Å². The summed E-state index contributed by atoms with van der Waals surface area (Å²) >= 11 is 7.99. The number of nitrogens with two attached hydrogens (primary N) is 1. The zero-order chi connectivity index (χ0) is 14.2. The first-order valence-corrected chi connectivity index (χ1v) is 6.91. The fourth-order valence-corrected chi connectivity index (χ4v) is 2.42. The SMILES string of the molecule is Cc1nn(C)c(NC(=O)c2cc(Cl)ccc2I)c1N. The number of aromatic nitrogens is 2. The van der Waals surface area contributed by atoms with Crippen LogP contribution in [0.1, 0.15) is 16.1 Å². The summed E-state index contributed by atoms with van der Waals surface area (Å²) < 4.78 is 2.36. The molecule has 0 aliphatic carbocycles. The number of carbonyl (C=O) groups excluding carboxylic acids is 1. The van der Waals surface area contributed by atoms with Crippen LogP contribution < -0.4 is 11.1 Å². The van der Waals surface area contributed by atoms with Crippen LogP contribution in [0.4, 0.5) is 11.5 Å². The number of carbonyl (C=O) groups is 1. The van der Waals surface area contributed by atoms with E-state index in [-0.39, 0.29) is 5.91 Å². The van der Waals surface area contributed by atoms with Gasteiger partial charge in [-0.1, -0.05) is 11.6 Å². The van der Waals surface area contributed by atoms with Gasteiger partial charge in [0.1, 0.15) is 0 Å². The summed E-state index contributed by atoms with van der Waals surface area (Å²) in [4.78, 5) is 12.2. The number of anilines is 2. The van der Waals surface area contributed by atoms with Crippen molar-refractivity contribution in [3.63, 3.8) is 0 Å². The lowest BCUT2D eigenvalue weighted by atomic mass is 10.2. The van der Waals surface area contributed by atoms with Gasteiger partial charge in [0.25, 0.3) is 5.91 Å². The highest BCUT2D eigenvalue weighted by Gasteiger charge is 2.16. The quantitative estimate of drug-likeness (QED) is 0.775. The van der Waals surface area contributed by atoms with E-state index < -0.39 is 0 Å². The number of hydrogen-bond donors (Lipinski definition) is 2. The molecule has 0 fully saturated rings. The molecule has 0 atom stereocenters. The van der Waals surface area contributed by atoms with Crippen molar-refractivity contribution in [3.05, 3.63) is 38.0 Å². The third-order valence-electron chi connectivity index (χ3n) is 2.67. The number of aryl methyl sites for hydroxylation is 2. The lowest BCUT2D eigenvalue weighted by Gasteiger charge is -2.08. The maximum absolute atomic E-state index is 12.2. The maximum atomic E-state index is 12.2. The molecule has 0 saturated carbocycles. The van der Waals surface area contributed by atoms with Crippen molar-refractivity contribution >= 4 is 51.6 Å². The molecule has 1 aromatic heterocycles. The molecule has 1 amide bonds. The Kier molecular flexibility index (Phi) is 4.00. The summed E-state index contributed by atoms with van der Waals surface area (Å²) in [6.45, 7) is 1.79. The minimum atomic E-state index is -0.262. The Morgan fingerprint density at radius 3 is 2.79 bits per heavy atom. The molecule has 5 nitrogen and oxygen atoms in total. The van der Waals surface area contributed by atoms with Crippen molar-refractivity contribution in [1.82, 2.24) is 9.78 Å². The second-order valence-electron chi connectivity index (χ2n) is 4.05. The molecule has 7 heteroatoms. The van der Waals surface area contributed by atoms with E-state index in [0.29, 0.717) is 27.8 Å². The Hall–Kier alpha value is -1.28. The van der Waals surface area contributed by atoms with Crippen LogP contribution in [0.15, 0.2) is 18.2 Å². The van der Waals surface area contributed by atoms with E-state index in [1.54, 1.807) is 36.9 Å². The van der Waals surface area contributed by atoms with Crippen molar-refractivity contribution in [2.24, 2.45) is 7.05 Å². The van der Waals surface area contributed by atoms with Gasteiger partial charge in [0.2, 0.25) is 0 Å². The minimum absolute atomic E-state index is 0.262. The van der Waals surface area contributed by atoms with Crippen molar-refractivity contribution in [2.75, 3.05) is 11.1 Å². The lowest BCUT2D eigenvalue weighted by Crippen LogP contribution is -2.16. The van der Waals surface area contributed by atoms with Gasteiger partial charge in [-0.3, -0.25) is 9.48 Å². The molecule has 100 valence electrons. The van der Waals surface area contributed by atoms with Crippen molar-refractivity contribution in [1.29, 1.82) is 0 Å². The molecular weight excluding hydrogens is 379 g/mol. The molecule has 0 saturated heterocycles. The van der Waals surface area contributed by atoms with Crippen LogP contribution in [0.3, 0.4) is 0 Å². The fourth-order valence-electron chi connectivity index (χ4n) is 1.67. The minimum Gasteiger partial charge on any atom is -0.394 e. The number of rotatable bonds is 2. The molecule has 2 rings (SSSR count). The molecule has 2 aromatic rings. The van der Waals surface area contributed by atoms with Crippen LogP contribution in [0, 0.1) is 10.5 Å². The number of benzene rings is 1. The topological polar surface area (TPSA) is 72.9 Å². The van der Waals surface area contributed by atoms with Gasteiger partial charge < -0.3 is 11.1 Å². The second-order valence-corrected chi connectivity index (χ2v) is 5.65. The van der Waals surface area contributed by atoms with Gasteiger partial charge in [0, 0.05) is 15.6 Å². The van der Waals surface area contributed by atoms with Gasteiger partial charge >= 0.3 is 0 Å². The average Bonchev–Trinajstić information content (AvgIpc) is 2.59. The maximum Gasteiger partial charge on any atom is 0.257 e. The van der Waals surface area contributed by atoms with E-state index >= 15 is 0 Å². The zero-order valence-corrected chi connectivity index (χ0v) is 13.3. The Labute approximate surface area is 129 Å². The largest absolute Gasteiger partial charge is 0.394 e. The summed E-state index contributed by atoms with van der Waals surface area (Å²) in [5, 5.41) is 7.42. The normalized spacial score (nSPS) is 10.5. The highest BCUT2D eigenvalue weighted by molar-refractivity contribution is 14.1. The van der Waals surface area contributed by atoms with Crippen molar-refractivity contribution in [2.45, 2.75) is 6.92 Å². The standard InChI is InChI=1S/C12H12ClIN4O/c1-6-10(15)11(18(2)17-6)16-12(19)8-5-7(13)3-4-9(8)14/h3-5H,15H2,1-2H3,(H,16,19). The van der Waals surface area contributed by atoms with E-state index in [2.05, 4.69) is 33.0 Å². The van der Waals surface area contributed by atoms with Gasteiger partial charge in [-0.25, -0.2) is 0 Å². The third kappa shape index (κ3) is 2.84. The molecule has 19 heavy (non-hydrogen) atoms. The predicted molar refractivity (Wildman–Crippen MR) is 84.5 cm³/mol. The van der Waals surface area contributed by atoms with Gasteiger partial charge in [-0.05, 0) is 47.7 Å². The third-order valence-corrected chi connectivity index (χ3v) is 3.85. The Morgan fingerprint density at radius 2 is 2.21 bits per heavy atom. The first-order chi connectivity index (χ1) is 8.90. The van der Waals surface area contributed by atoms with Gasteiger partial charge in [-0.15, -0.1) is 0 Å². The van der Waals surface area contributed by atoms with Crippen molar-refractivity contribution in [3.8, 4) is 0 Å². The molecule has 0 radical (unpaired) electrons. The fraction of sp³-hybridized carbons (Fsp3) is 0.167. The number of nitrogen functional groups attached to an aromatic ring is 1. The molecular formula is C12H12ClIN4O. The summed E-state index contributed by atoms with van der Waals surface area (Å²) in [6.07, 6.45) is 0. The van der Waals surface area contributed by atoms with Crippen LogP contribution >= 0.6 is 34.2 Å². The van der Waals surface area contributed by atoms with Gasteiger partial charge in [-0.2, -0.15) is 5.10 Å². The number of nitrogens with one attached hydrogen (secondary N) is 1. The molecule has 0 aliphatic heterocycles. The van der Waals surface area contributed by atoms with E-state index in [4.69, 9.17) is 17.3 Å². The van der Waals surface area contributed by atoms with Gasteiger partial charge in [0.15, 0.2) is 5.82 Å². The van der Waals surface area contributed by atoms with Crippen LogP contribution in [0.5, 0.6) is 0 Å². The Morgan fingerprint density at radius 1 is 1.53 bits per heavy atom. The van der Waals surface area contributed by atoms with Crippen molar-refractivity contribution < 1.29 is 4.79 Å². The second kappa shape index (κ2) is 5.38. The summed E-state index contributed by atoms with van der Waals surface area (Å²) in [7, 11) is 1.72. The summed E-state index contributed by atoms with van der Waals surface area (Å²) in [5.74, 6) is 0.222. The molecule has 3 N–H and O–H groups in total. The smallest absolute Gasteiger partial charge is 0.257 e. The number of amides is 1.